The summed E-state index contributed by atoms with van der Waals surface area (Å²) in [6, 6.07) is 7.74. The highest BCUT2D eigenvalue weighted by Crippen LogP contribution is 2.23. The average molecular weight is 270 g/mol. The Labute approximate surface area is 108 Å². The van der Waals surface area contributed by atoms with Gasteiger partial charge in [0, 0.05) is 28.9 Å². The summed E-state index contributed by atoms with van der Waals surface area (Å²) < 4.78 is 25.9. The van der Waals surface area contributed by atoms with Crippen LogP contribution in [0.25, 0.3) is 0 Å². The molecule has 0 heterocycles. The largest absolute Gasteiger partial charge is 0.508 e. The van der Waals surface area contributed by atoms with Crippen molar-refractivity contribution in [2.24, 2.45) is 0 Å². The van der Waals surface area contributed by atoms with Gasteiger partial charge in [0.15, 0.2) is 0 Å². The molecule has 0 saturated carbocycles. The Hall–Kier alpha value is -1.81. The number of phenols is 1. The molecule has 18 heavy (non-hydrogen) atoms. The predicted molar refractivity (Wildman–Crippen MR) is 66.8 cm³/mol. The number of nitrogens with one attached hydrogen (secondary N) is 1. The molecule has 0 spiro atoms. The number of phenolic OH excluding ortho intramolecular Hbond substituents is 1. The van der Waals surface area contributed by atoms with E-state index in [1.54, 1.807) is 12.1 Å². The molecule has 0 atom stereocenters. The van der Waals surface area contributed by atoms with Crippen LogP contribution >= 0.6 is 11.6 Å². The number of rotatable bonds is 3. The van der Waals surface area contributed by atoms with Gasteiger partial charge in [0.2, 0.25) is 0 Å². The summed E-state index contributed by atoms with van der Waals surface area (Å²) in [5.74, 6) is -1.25. The van der Waals surface area contributed by atoms with Gasteiger partial charge in [-0.3, -0.25) is 0 Å². The quantitative estimate of drug-likeness (QED) is 0.885. The number of anilines is 1. The van der Waals surface area contributed by atoms with E-state index in [0.29, 0.717) is 16.3 Å². The van der Waals surface area contributed by atoms with Crippen LogP contribution in [0.5, 0.6) is 5.75 Å². The molecule has 2 N–H and O–H groups in total. The number of aromatic hydroxyl groups is 1. The highest BCUT2D eigenvalue weighted by molar-refractivity contribution is 6.30. The molecule has 0 aromatic heterocycles. The second kappa shape index (κ2) is 5.23. The molecule has 0 amide bonds. The number of hydrogen-bond donors (Lipinski definition) is 2. The molecule has 0 bridgehead atoms. The minimum absolute atomic E-state index is 0.0729. The third-order valence-electron chi connectivity index (χ3n) is 2.39. The summed E-state index contributed by atoms with van der Waals surface area (Å²) in [6.07, 6.45) is 0. The molecule has 2 aromatic rings. The van der Waals surface area contributed by atoms with Gasteiger partial charge in [-0.25, -0.2) is 8.78 Å². The van der Waals surface area contributed by atoms with Gasteiger partial charge in [0.1, 0.15) is 17.4 Å². The van der Waals surface area contributed by atoms with Gasteiger partial charge in [0.25, 0.3) is 0 Å². The van der Waals surface area contributed by atoms with Gasteiger partial charge in [-0.2, -0.15) is 0 Å². The lowest BCUT2D eigenvalue weighted by Gasteiger charge is -2.09. The molecule has 5 heteroatoms. The van der Waals surface area contributed by atoms with Crippen molar-refractivity contribution in [3.8, 4) is 5.75 Å². The lowest BCUT2D eigenvalue weighted by molar-refractivity contribution is 0.469. The van der Waals surface area contributed by atoms with Crippen LogP contribution in [0.15, 0.2) is 36.4 Å². The molecule has 0 aliphatic rings. The van der Waals surface area contributed by atoms with Crippen LogP contribution in [0.2, 0.25) is 5.02 Å². The molecule has 0 radical (unpaired) electrons. The minimum atomic E-state index is -0.659. The van der Waals surface area contributed by atoms with E-state index >= 15 is 0 Å². The summed E-state index contributed by atoms with van der Waals surface area (Å²) in [7, 11) is 0. The monoisotopic (exact) mass is 269 g/mol. The van der Waals surface area contributed by atoms with Crippen LogP contribution in [0.1, 0.15) is 5.56 Å². The molecule has 94 valence electrons. The second-order valence-corrected chi connectivity index (χ2v) is 4.22. The third-order valence-corrected chi connectivity index (χ3v) is 2.62. The van der Waals surface area contributed by atoms with Gasteiger partial charge in [0.05, 0.1) is 0 Å². The zero-order valence-electron chi connectivity index (χ0n) is 9.25. The van der Waals surface area contributed by atoms with Crippen molar-refractivity contribution in [3.63, 3.8) is 0 Å². The van der Waals surface area contributed by atoms with Gasteiger partial charge < -0.3 is 10.4 Å². The predicted octanol–water partition coefficient (Wildman–Crippen LogP) is 3.94. The Kier molecular flexibility index (Phi) is 3.67. The van der Waals surface area contributed by atoms with Crippen molar-refractivity contribution >= 4 is 17.3 Å². The molecule has 0 saturated heterocycles. The Balaban J connectivity index is 2.13. The minimum Gasteiger partial charge on any atom is -0.508 e. The zero-order chi connectivity index (χ0) is 13.1. The van der Waals surface area contributed by atoms with Gasteiger partial charge in [-0.05, 0) is 30.3 Å². The summed E-state index contributed by atoms with van der Waals surface area (Å²) in [5.41, 5.74) is 0.846. The Morgan fingerprint density at radius 3 is 2.39 bits per heavy atom. The van der Waals surface area contributed by atoms with E-state index in [1.807, 2.05) is 0 Å². The van der Waals surface area contributed by atoms with Crippen molar-refractivity contribution < 1.29 is 13.9 Å². The molecular formula is C13H10ClF2NO. The highest BCUT2D eigenvalue weighted by atomic mass is 35.5. The van der Waals surface area contributed by atoms with Gasteiger partial charge in [-0.15, -0.1) is 0 Å². The Bertz CT molecular complexity index is 555. The van der Waals surface area contributed by atoms with E-state index in [1.165, 1.54) is 18.2 Å². The normalized spacial score (nSPS) is 10.4. The lowest BCUT2D eigenvalue weighted by atomic mass is 10.2. The van der Waals surface area contributed by atoms with Gasteiger partial charge in [-0.1, -0.05) is 11.6 Å². The number of hydrogen-bond acceptors (Lipinski definition) is 2. The fraction of sp³-hybridized carbons (Fsp3) is 0.0769. The molecule has 0 aliphatic heterocycles. The average Bonchev–Trinajstić information content (AvgIpc) is 2.29. The first-order valence-electron chi connectivity index (χ1n) is 5.22. The standard InChI is InChI=1S/C13H10ClF2NO/c14-9-1-2-13(18)8(3-9)7-17-12-5-10(15)4-11(16)6-12/h1-6,17-18H,7H2. The van der Waals surface area contributed by atoms with Crippen LogP contribution in [0.4, 0.5) is 14.5 Å². The second-order valence-electron chi connectivity index (χ2n) is 3.78. The highest BCUT2D eigenvalue weighted by Gasteiger charge is 2.04. The summed E-state index contributed by atoms with van der Waals surface area (Å²) in [6.45, 7) is 0.218. The maximum absolute atomic E-state index is 12.9. The van der Waals surface area contributed by atoms with Gasteiger partial charge >= 0.3 is 0 Å². The molecule has 0 fully saturated rings. The van der Waals surface area contributed by atoms with Crippen LogP contribution < -0.4 is 5.32 Å². The SMILES string of the molecule is Oc1ccc(Cl)cc1CNc1cc(F)cc(F)c1. The maximum Gasteiger partial charge on any atom is 0.128 e. The van der Waals surface area contributed by atoms with Crippen LogP contribution in [-0.2, 0) is 6.54 Å². The van der Waals surface area contributed by atoms with E-state index in [9.17, 15) is 13.9 Å². The lowest BCUT2D eigenvalue weighted by Crippen LogP contribution is -2.00. The van der Waals surface area contributed by atoms with E-state index in [2.05, 4.69) is 5.32 Å². The number of benzene rings is 2. The molecule has 2 nitrogen and oxygen atoms in total. The topological polar surface area (TPSA) is 32.3 Å². The first-order valence-corrected chi connectivity index (χ1v) is 5.60. The summed E-state index contributed by atoms with van der Waals surface area (Å²) in [4.78, 5) is 0. The van der Waals surface area contributed by atoms with Crippen LogP contribution in [0.3, 0.4) is 0 Å². The molecule has 0 unspecified atom stereocenters. The maximum atomic E-state index is 12.9. The Morgan fingerprint density at radius 1 is 1.06 bits per heavy atom. The van der Waals surface area contributed by atoms with Crippen LogP contribution in [0, 0.1) is 11.6 Å². The smallest absolute Gasteiger partial charge is 0.128 e. The first kappa shape index (κ1) is 12.6. The van der Waals surface area contributed by atoms with Crippen molar-refractivity contribution in [3.05, 3.63) is 58.6 Å². The molecule has 2 aromatic carbocycles. The van der Waals surface area contributed by atoms with Crippen molar-refractivity contribution in [2.75, 3.05) is 5.32 Å². The van der Waals surface area contributed by atoms with Crippen molar-refractivity contribution in [2.45, 2.75) is 6.54 Å². The fourth-order valence-electron chi connectivity index (χ4n) is 1.55. The molecule has 2 rings (SSSR count). The zero-order valence-corrected chi connectivity index (χ0v) is 10.0. The summed E-state index contributed by atoms with van der Waals surface area (Å²) >= 11 is 5.79. The van der Waals surface area contributed by atoms with Crippen molar-refractivity contribution in [1.82, 2.24) is 0 Å². The fourth-order valence-corrected chi connectivity index (χ4v) is 1.74. The third kappa shape index (κ3) is 3.11. The van der Waals surface area contributed by atoms with Crippen LogP contribution in [-0.4, -0.2) is 5.11 Å². The van der Waals surface area contributed by atoms with E-state index in [4.69, 9.17) is 11.6 Å². The Morgan fingerprint density at radius 2 is 1.72 bits per heavy atom. The van der Waals surface area contributed by atoms with E-state index in [-0.39, 0.29) is 12.3 Å². The molecular weight excluding hydrogens is 260 g/mol. The summed E-state index contributed by atoms with van der Waals surface area (Å²) in [5, 5.41) is 12.9. The van der Waals surface area contributed by atoms with Crippen molar-refractivity contribution in [1.29, 1.82) is 0 Å². The number of halogens is 3. The van der Waals surface area contributed by atoms with E-state index < -0.39 is 11.6 Å². The molecule has 0 aliphatic carbocycles. The first-order chi connectivity index (χ1) is 8.54. The van der Waals surface area contributed by atoms with E-state index in [0.717, 1.165) is 6.07 Å².